The zero-order valence-corrected chi connectivity index (χ0v) is 9.96. The van der Waals surface area contributed by atoms with E-state index in [2.05, 4.69) is 4.74 Å². The summed E-state index contributed by atoms with van der Waals surface area (Å²) in [5.74, 6) is 0. The van der Waals surface area contributed by atoms with Crippen LogP contribution in [-0.4, -0.2) is 48.1 Å². The summed E-state index contributed by atoms with van der Waals surface area (Å²) in [7, 11) is 0. The number of carbonyl (C=O) groups excluding carboxylic acids is 1. The Bertz CT molecular complexity index is 229. The first kappa shape index (κ1) is 16.0. The Balaban J connectivity index is 4.43. The van der Waals surface area contributed by atoms with Gasteiger partial charge in [-0.15, -0.1) is 0 Å². The van der Waals surface area contributed by atoms with E-state index < -0.39 is 18.9 Å². The Morgan fingerprint density at radius 2 is 1.88 bits per heavy atom. The van der Waals surface area contributed by atoms with Crippen molar-refractivity contribution in [3.8, 4) is 0 Å². The standard InChI is InChI=1S/C10H18F3NO3/c1-3-8(4-2)14(5-6-15)9(16)17-7-10(11,12)13/h8,15H,3-7H2,1-2H3. The zero-order valence-electron chi connectivity index (χ0n) is 9.96. The summed E-state index contributed by atoms with van der Waals surface area (Å²) in [6.45, 7) is 1.69. The van der Waals surface area contributed by atoms with E-state index >= 15 is 0 Å². The average Bonchev–Trinajstić information content (AvgIpc) is 2.25. The van der Waals surface area contributed by atoms with Gasteiger partial charge in [0.1, 0.15) is 0 Å². The molecule has 0 aromatic heterocycles. The molecule has 0 atom stereocenters. The van der Waals surface area contributed by atoms with Gasteiger partial charge in [0.15, 0.2) is 6.61 Å². The van der Waals surface area contributed by atoms with Crippen LogP contribution in [0.4, 0.5) is 18.0 Å². The van der Waals surface area contributed by atoms with Crippen LogP contribution in [0.25, 0.3) is 0 Å². The number of halogens is 3. The van der Waals surface area contributed by atoms with Gasteiger partial charge in [0.05, 0.1) is 6.61 Å². The third kappa shape index (κ3) is 6.35. The molecule has 0 rings (SSSR count). The highest BCUT2D eigenvalue weighted by atomic mass is 19.4. The molecule has 0 bridgehead atoms. The van der Waals surface area contributed by atoms with Gasteiger partial charge in [-0.1, -0.05) is 13.8 Å². The molecule has 0 aromatic rings. The van der Waals surface area contributed by atoms with Crippen LogP contribution in [0.1, 0.15) is 26.7 Å². The Kier molecular flexibility index (Phi) is 6.94. The fourth-order valence-corrected chi connectivity index (χ4v) is 1.49. The minimum Gasteiger partial charge on any atom is -0.440 e. The van der Waals surface area contributed by atoms with E-state index in [4.69, 9.17) is 5.11 Å². The first-order chi connectivity index (χ1) is 7.85. The molecule has 4 nitrogen and oxygen atoms in total. The maximum Gasteiger partial charge on any atom is 0.422 e. The van der Waals surface area contributed by atoms with Gasteiger partial charge in [-0.25, -0.2) is 4.79 Å². The van der Waals surface area contributed by atoms with Gasteiger partial charge in [0.25, 0.3) is 0 Å². The van der Waals surface area contributed by atoms with Crippen LogP contribution in [0.15, 0.2) is 0 Å². The number of rotatable bonds is 6. The molecule has 0 radical (unpaired) electrons. The molecule has 102 valence electrons. The van der Waals surface area contributed by atoms with Gasteiger partial charge in [0, 0.05) is 12.6 Å². The first-order valence-electron chi connectivity index (χ1n) is 5.46. The zero-order chi connectivity index (χ0) is 13.5. The average molecular weight is 257 g/mol. The smallest absolute Gasteiger partial charge is 0.422 e. The number of hydrogen-bond acceptors (Lipinski definition) is 3. The predicted molar refractivity (Wildman–Crippen MR) is 55.6 cm³/mol. The molecule has 0 fully saturated rings. The largest absolute Gasteiger partial charge is 0.440 e. The summed E-state index contributed by atoms with van der Waals surface area (Å²) in [4.78, 5) is 12.6. The third-order valence-electron chi connectivity index (χ3n) is 2.32. The van der Waals surface area contributed by atoms with Crippen LogP contribution in [0.2, 0.25) is 0 Å². The number of hydrogen-bond donors (Lipinski definition) is 1. The van der Waals surface area contributed by atoms with Crippen molar-refractivity contribution in [2.45, 2.75) is 38.9 Å². The summed E-state index contributed by atoms with van der Waals surface area (Å²) >= 11 is 0. The number of aliphatic hydroxyl groups excluding tert-OH is 1. The molecular formula is C10H18F3NO3. The van der Waals surface area contributed by atoms with Gasteiger partial charge in [-0.2, -0.15) is 13.2 Å². The van der Waals surface area contributed by atoms with Crippen molar-refractivity contribution in [3.05, 3.63) is 0 Å². The van der Waals surface area contributed by atoms with E-state index in [1.807, 2.05) is 13.8 Å². The van der Waals surface area contributed by atoms with Crippen LogP contribution >= 0.6 is 0 Å². The van der Waals surface area contributed by atoms with Gasteiger partial charge in [0.2, 0.25) is 0 Å². The fraction of sp³-hybridized carbons (Fsp3) is 0.900. The molecule has 0 heterocycles. The number of nitrogens with zero attached hydrogens (tertiary/aromatic N) is 1. The third-order valence-corrected chi connectivity index (χ3v) is 2.32. The molecule has 0 saturated heterocycles. The van der Waals surface area contributed by atoms with Crippen molar-refractivity contribution in [1.82, 2.24) is 4.90 Å². The Morgan fingerprint density at radius 3 is 2.24 bits per heavy atom. The summed E-state index contributed by atoms with van der Waals surface area (Å²) in [6, 6.07) is -0.220. The lowest BCUT2D eigenvalue weighted by Crippen LogP contribution is -2.42. The molecule has 0 aliphatic heterocycles. The maximum atomic E-state index is 11.9. The van der Waals surface area contributed by atoms with Gasteiger partial charge in [-0.3, -0.25) is 0 Å². The van der Waals surface area contributed by atoms with Crippen molar-refractivity contribution >= 4 is 6.09 Å². The van der Waals surface area contributed by atoms with Crippen molar-refractivity contribution in [3.63, 3.8) is 0 Å². The topological polar surface area (TPSA) is 49.8 Å². The SMILES string of the molecule is CCC(CC)N(CCO)C(=O)OCC(F)(F)F. The Hall–Kier alpha value is -0.980. The van der Waals surface area contributed by atoms with Crippen molar-refractivity contribution in [2.75, 3.05) is 19.8 Å². The number of carbonyl (C=O) groups is 1. The molecule has 0 aliphatic rings. The second-order valence-corrected chi connectivity index (χ2v) is 3.56. The molecule has 1 N–H and O–H groups in total. The normalized spacial score (nSPS) is 11.7. The lowest BCUT2D eigenvalue weighted by atomic mass is 10.1. The van der Waals surface area contributed by atoms with Crippen molar-refractivity contribution in [1.29, 1.82) is 0 Å². The molecule has 17 heavy (non-hydrogen) atoms. The Morgan fingerprint density at radius 1 is 1.35 bits per heavy atom. The van der Waals surface area contributed by atoms with Crippen molar-refractivity contribution < 1.29 is 27.8 Å². The van der Waals surface area contributed by atoms with E-state index in [1.165, 1.54) is 0 Å². The highest BCUT2D eigenvalue weighted by Crippen LogP contribution is 2.16. The Labute approximate surface area is 98.3 Å². The quantitative estimate of drug-likeness (QED) is 0.793. The monoisotopic (exact) mass is 257 g/mol. The lowest BCUT2D eigenvalue weighted by Gasteiger charge is -2.29. The van der Waals surface area contributed by atoms with E-state index in [9.17, 15) is 18.0 Å². The minimum absolute atomic E-state index is 0.0248. The molecule has 0 unspecified atom stereocenters. The van der Waals surface area contributed by atoms with Crippen molar-refractivity contribution in [2.24, 2.45) is 0 Å². The van der Waals surface area contributed by atoms with E-state index in [-0.39, 0.29) is 19.2 Å². The molecule has 1 amide bonds. The molecular weight excluding hydrogens is 239 g/mol. The second kappa shape index (κ2) is 7.37. The molecule has 0 aromatic carbocycles. The number of amides is 1. The van der Waals surface area contributed by atoms with Crippen LogP contribution in [0.5, 0.6) is 0 Å². The predicted octanol–water partition coefficient (Wildman–Crippen LogP) is 2.17. The van der Waals surface area contributed by atoms with Crippen LogP contribution in [0, 0.1) is 0 Å². The van der Waals surface area contributed by atoms with E-state index in [1.54, 1.807) is 0 Å². The lowest BCUT2D eigenvalue weighted by molar-refractivity contribution is -0.163. The van der Waals surface area contributed by atoms with Gasteiger partial charge >= 0.3 is 12.3 Å². The first-order valence-corrected chi connectivity index (χ1v) is 5.46. The van der Waals surface area contributed by atoms with Gasteiger partial charge < -0.3 is 14.7 Å². The highest BCUT2D eigenvalue weighted by molar-refractivity contribution is 5.68. The summed E-state index contributed by atoms with van der Waals surface area (Å²) in [5, 5.41) is 8.78. The fourth-order valence-electron chi connectivity index (χ4n) is 1.49. The molecule has 0 aliphatic carbocycles. The number of ether oxygens (including phenoxy) is 1. The van der Waals surface area contributed by atoms with Gasteiger partial charge in [-0.05, 0) is 12.8 Å². The summed E-state index contributed by atoms with van der Waals surface area (Å²) < 4.78 is 39.8. The molecule has 7 heteroatoms. The number of aliphatic hydroxyl groups is 1. The minimum atomic E-state index is -4.53. The van der Waals surface area contributed by atoms with E-state index in [0.29, 0.717) is 12.8 Å². The van der Waals surface area contributed by atoms with Crippen LogP contribution < -0.4 is 0 Å². The second-order valence-electron chi connectivity index (χ2n) is 3.56. The maximum absolute atomic E-state index is 11.9. The number of alkyl halides is 3. The van der Waals surface area contributed by atoms with E-state index in [0.717, 1.165) is 4.90 Å². The highest BCUT2D eigenvalue weighted by Gasteiger charge is 2.31. The molecule has 0 saturated carbocycles. The summed E-state index contributed by atoms with van der Waals surface area (Å²) in [5.41, 5.74) is 0. The molecule has 0 spiro atoms. The summed E-state index contributed by atoms with van der Waals surface area (Å²) in [6.07, 6.45) is -4.38. The van der Waals surface area contributed by atoms with Crippen LogP contribution in [0.3, 0.4) is 0 Å². The van der Waals surface area contributed by atoms with Crippen LogP contribution in [-0.2, 0) is 4.74 Å².